The number of oxime groups is 1. The van der Waals surface area contributed by atoms with Crippen molar-refractivity contribution < 1.29 is 9.63 Å². The highest BCUT2D eigenvalue weighted by molar-refractivity contribution is 8.00. The molecule has 0 aromatic carbocycles. The Morgan fingerprint density at radius 3 is 3.00 bits per heavy atom. The Hall–Kier alpha value is -2.61. The number of anilines is 1. The number of carbonyl (C=O) groups excluding carboxylic acids is 1. The van der Waals surface area contributed by atoms with Gasteiger partial charge in [-0.25, -0.2) is 4.68 Å². The van der Waals surface area contributed by atoms with Gasteiger partial charge in [0.2, 0.25) is 0 Å². The van der Waals surface area contributed by atoms with E-state index in [0.29, 0.717) is 17.1 Å². The Bertz CT molecular complexity index is 773. The molecule has 0 saturated heterocycles. The SMILES string of the molecule is C=CCSC(CC)C(=NOC)C(=O)Nc1cn(-c2cccnc2)nc1C. The molecule has 2 heterocycles. The number of pyridine rings is 1. The molecule has 2 aromatic heterocycles. The molecule has 138 valence electrons. The highest BCUT2D eigenvalue weighted by Gasteiger charge is 2.24. The maximum absolute atomic E-state index is 12.8. The monoisotopic (exact) mass is 373 g/mol. The van der Waals surface area contributed by atoms with Crippen LogP contribution in [0.1, 0.15) is 19.0 Å². The van der Waals surface area contributed by atoms with Crippen LogP contribution in [-0.2, 0) is 9.63 Å². The summed E-state index contributed by atoms with van der Waals surface area (Å²) in [5.74, 6) is 0.427. The van der Waals surface area contributed by atoms with Crippen molar-refractivity contribution in [1.82, 2.24) is 14.8 Å². The number of nitrogens with one attached hydrogen (secondary N) is 1. The summed E-state index contributed by atoms with van der Waals surface area (Å²) in [4.78, 5) is 21.7. The topological polar surface area (TPSA) is 81.4 Å². The van der Waals surface area contributed by atoms with Crippen molar-refractivity contribution in [3.8, 4) is 5.69 Å². The average Bonchev–Trinajstić information content (AvgIpc) is 3.02. The second-order valence-corrected chi connectivity index (χ2v) is 6.65. The third-order valence-corrected chi connectivity index (χ3v) is 4.96. The highest BCUT2D eigenvalue weighted by Crippen LogP contribution is 2.20. The number of thioether (sulfide) groups is 1. The van der Waals surface area contributed by atoms with E-state index < -0.39 is 0 Å². The van der Waals surface area contributed by atoms with Gasteiger partial charge in [0.25, 0.3) is 5.91 Å². The zero-order chi connectivity index (χ0) is 18.9. The van der Waals surface area contributed by atoms with Crippen LogP contribution in [0.25, 0.3) is 5.69 Å². The van der Waals surface area contributed by atoms with Gasteiger partial charge in [-0.05, 0) is 25.5 Å². The largest absolute Gasteiger partial charge is 0.399 e. The fourth-order valence-corrected chi connectivity index (χ4v) is 3.22. The molecule has 0 spiro atoms. The fraction of sp³-hybridized carbons (Fsp3) is 0.333. The lowest BCUT2D eigenvalue weighted by molar-refractivity contribution is -0.110. The molecule has 0 bridgehead atoms. The van der Waals surface area contributed by atoms with E-state index in [2.05, 4.69) is 27.1 Å². The van der Waals surface area contributed by atoms with Crippen LogP contribution in [0.15, 0.2) is 48.5 Å². The van der Waals surface area contributed by atoms with E-state index in [9.17, 15) is 4.79 Å². The molecule has 0 fully saturated rings. The van der Waals surface area contributed by atoms with Gasteiger partial charge < -0.3 is 10.2 Å². The summed E-state index contributed by atoms with van der Waals surface area (Å²) in [6.07, 6.45) is 7.71. The predicted molar refractivity (Wildman–Crippen MR) is 106 cm³/mol. The van der Waals surface area contributed by atoms with Crippen LogP contribution in [0.4, 0.5) is 5.69 Å². The van der Waals surface area contributed by atoms with Crippen molar-refractivity contribution in [2.45, 2.75) is 25.5 Å². The molecular formula is C18H23N5O2S. The predicted octanol–water partition coefficient (Wildman–Crippen LogP) is 3.21. The van der Waals surface area contributed by atoms with E-state index in [1.807, 2.05) is 26.0 Å². The zero-order valence-electron chi connectivity index (χ0n) is 15.2. The number of amides is 1. The van der Waals surface area contributed by atoms with Crippen molar-refractivity contribution in [2.75, 3.05) is 18.2 Å². The van der Waals surface area contributed by atoms with Gasteiger partial charge in [0, 0.05) is 11.9 Å². The zero-order valence-corrected chi connectivity index (χ0v) is 16.0. The van der Waals surface area contributed by atoms with Gasteiger partial charge in [-0.3, -0.25) is 9.78 Å². The smallest absolute Gasteiger partial charge is 0.274 e. The van der Waals surface area contributed by atoms with E-state index >= 15 is 0 Å². The van der Waals surface area contributed by atoms with Gasteiger partial charge in [-0.15, -0.1) is 18.3 Å². The molecule has 0 aliphatic rings. The molecule has 0 radical (unpaired) electrons. The minimum atomic E-state index is -0.302. The quantitative estimate of drug-likeness (QED) is 0.415. The summed E-state index contributed by atoms with van der Waals surface area (Å²) in [6.45, 7) is 7.56. The lowest BCUT2D eigenvalue weighted by atomic mass is 10.2. The van der Waals surface area contributed by atoms with Crippen molar-refractivity contribution in [3.05, 3.63) is 49.1 Å². The van der Waals surface area contributed by atoms with Gasteiger partial charge in [0.15, 0.2) is 5.71 Å². The third kappa shape index (κ3) is 4.95. The van der Waals surface area contributed by atoms with Crippen molar-refractivity contribution in [3.63, 3.8) is 0 Å². The Labute approximate surface area is 157 Å². The number of carbonyl (C=O) groups is 1. The number of hydrogen-bond acceptors (Lipinski definition) is 6. The molecule has 26 heavy (non-hydrogen) atoms. The molecule has 1 amide bonds. The summed E-state index contributed by atoms with van der Waals surface area (Å²) >= 11 is 1.60. The first-order chi connectivity index (χ1) is 12.6. The third-order valence-electron chi connectivity index (χ3n) is 3.57. The lowest BCUT2D eigenvalue weighted by Gasteiger charge is -2.15. The van der Waals surface area contributed by atoms with E-state index in [4.69, 9.17) is 4.84 Å². The van der Waals surface area contributed by atoms with Gasteiger partial charge in [-0.2, -0.15) is 5.10 Å². The van der Waals surface area contributed by atoms with Crippen LogP contribution in [0.2, 0.25) is 0 Å². The highest BCUT2D eigenvalue weighted by atomic mass is 32.2. The summed E-state index contributed by atoms with van der Waals surface area (Å²) in [5.41, 5.74) is 2.47. The summed E-state index contributed by atoms with van der Waals surface area (Å²) in [7, 11) is 1.43. The first-order valence-corrected chi connectivity index (χ1v) is 9.27. The number of aromatic nitrogens is 3. The molecule has 0 aliphatic heterocycles. The van der Waals surface area contributed by atoms with E-state index in [1.165, 1.54) is 7.11 Å². The Morgan fingerprint density at radius 2 is 2.38 bits per heavy atom. The van der Waals surface area contributed by atoms with Crippen LogP contribution in [0.5, 0.6) is 0 Å². The van der Waals surface area contributed by atoms with Crippen LogP contribution >= 0.6 is 11.8 Å². The molecule has 1 atom stereocenters. The number of aryl methyl sites for hydroxylation is 1. The van der Waals surface area contributed by atoms with Crippen LogP contribution in [-0.4, -0.2) is 44.5 Å². The van der Waals surface area contributed by atoms with Gasteiger partial charge in [0.1, 0.15) is 7.11 Å². The van der Waals surface area contributed by atoms with Crippen LogP contribution in [0.3, 0.4) is 0 Å². The molecule has 1 unspecified atom stereocenters. The normalized spacial score (nSPS) is 12.5. The Kier molecular flexibility index (Phi) is 7.40. The summed E-state index contributed by atoms with van der Waals surface area (Å²) in [6, 6.07) is 3.72. The molecule has 0 aliphatic carbocycles. The first kappa shape index (κ1) is 19.7. The maximum atomic E-state index is 12.8. The van der Waals surface area contributed by atoms with Gasteiger partial charge in [0.05, 0.1) is 34.7 Å². The molecule has 2 rings (SSSR count). The maximum Gasteiger partial charge on any atom is 0.274 e. The molecule has 0 saturated carbocycles. The molecule has 7 nitrogen and oxygen atoms in total. The second-order valence-electron chi connectivity index (χ2n) is 5.42. The molecule has 8 heteroatoms. The van der Waals surface area contributed by atoms with Crippen molar-refractivity contribution >= 4 is 29.1 Å². The number of hydrogen-bond donors (Lipinski definition) is 1. The van der Waals surface area contributed by atoms with Crippen LogP contribution < -0.4 is 5.32 Å². The van der Waals surface area contributed by atoms with Crippen LogP contribution in [0, 0.1) is 6.92 Å². The van der Waals surface area contributed by atoms with E-state index in [1.54, 1.807) is 41.1 Å². The molecule has 2 aromatic rings. The molecular weight excluding hydrogens is 350 g/mol. The number of nitrogens with zero attached hydrogens (tertiary/aromatic N) is 4. The van der Waals surface area contributed by atoms with E-state index in [-0.39, 0.29) is 11.2 Å². The van der Waals surface area contributed by atoms with Gasteiger partial charge in [-0.1, -0.05) is 18.2 Å². The Morgan fingerprint density at radius 1 is 1.58 bits per heavy atom. The first-order valence-electron chi connectivity index (χ1n) is 8.22. The summed E-state index contributed by atoms with van der Waals surface area (Å²) in [5, 5.41) is 11.2. The Balaban J connectivity index is 2.20. The second kappa shape index (κ2) is 9.76. The number of rotatable bonds is 9. The fourth-order valence-electron chi connectivity index (χ4n) is 2.31. The molecule has 1 N–H and O–H groups in total. The lowest BCUT2D eigenvalue weighted by Crippen LogP contribution is -2.32. The van der Waals surface area contributed by atoms with Gasteiger partial charge >= 0.3 is 0 Å². The minimum Gasteiger partial charge on any atom is -0.399 e. The van der Waals surface area contributed by atoms with Crippen molar-refractivity contribution in [2.24, 2.45) is 5.16 Å². The van der Waals surface area contributed by atoms with E-state index in [0.717, 1.165) is 17.9 Å². The van der Waals surface area contributed by atoms with Crippen molar-refractivity contribution in [1.29, 1.82) is 0 Å². The minimum absolute atomic E-state index is 0.0818. The standard InChI is InChI=1S/C18H23N5O2S/c1-5-10-26-16(6-2)17(22-25-4)18(24)20-15-12-23(21-13(15)3)14-8-7-9-19-11-14/h5,7-9,11-12,16H,1,6,10H2,2-4H3,(H,20,24). The summed E-state index contributed by atoms with van der Waals surface area (Å²) < 4.78 is 1.68. The average molecular weight is 373 g/mol.